The van der Waals surface area contributed by atoms with E-state index in [1.807, 2.05) is 6.07 Å². The minimum Gasteiger partial charge on any atom is -0.507 e. The third-order valence-corrected chi connectivity index (χ3v) is 4.84. The number of hydrogen-bond acceptors (Lipinski definition) is 3. The first-order valence-electron chi connectivity index (χ1n) is 7.17. The molecular weight excluding hydrogens is 304 g/mol. The maximum Gasteiger partial charge on any atom is 0.129 e. The van der Waals surface area contributed by atoms with Crippen molar-refractivity contribution in [1.29, 1.82) is 0 Å². The normalized spacial score (nSPS) is 22.4. The molecule has 1 aliphatic heterocycles. The number of benzene rings is 1. The summed E-state index contributed by atoms with van der Waals surface area (Å²) >= 11 is 3.44. The predicted molar refractivity (Wildman–Crippen MR) is 80.3 cm³/mol. The molecule has 1 atom stereocenters. The minimum atomic E-state index is 0.328. The summed E-state index contributed by atoms with van der Waals surface area (Å²) < 4.78 is 0.806. The van der Waals surface area contributed by atoms with Crippen molar-refractivity contribution >= 4 is 15.9 Å². The van der Waals surface area contributed by atoms with Crippen molar-refractivity contribution in [3.63, 3.8) is 0 Å². The van der Waals surface area contributed by atoms with E-state index in [-0.39, 0.29) is 0 Å². The number of rotatable bonds is 4. The van der Waals surface area contributed by atoms with E-state index in [9.17, 15) is 5.11 Å². The SMILES string of the molecule is Oc1ccc([C@@H](CC2CC2)N2CCNCC2)cc1Br. The van der Waals surface area contributed by atoms with Crippen LogP contribution in [-0.4, -0.2) is 36.2 Å². The number of nitrogens with one attached hydrogen (secondary N) is 1. The van der Waals surface area contributed by atoms with Gasteiger partial charge in [-0.15, -0.1) is 0 Å². The van der Waals surface area contributed by atoms with E-state index in [0.29, 0.717) is 11.8 Å². The molecule has 1 aromatic rings. The Morgan fingerprint density at radius 2 is 2.05 bits per heavy atom. The lowest BCUT2D eigenvalue weighted by Gasteiger charge is -2.35. The molecule has 4 heteroatoms. The van der Waals surface area contributed by atoms with Crippen LogP contribution in [0.2, 0.25) is 0 Å². The molecule has 104 valence electrons. The highest BCUT2D eigenvalue weighted by Crippen LogP contribution is 2.41. The summed E-state index contributed by atoms with van der Waals surface area (Å²) in [6, 6.07) is 6.48. The van der Waals surface area contributed by atoms with E-state index in [1.165, 1.54) is 24.8 Å². The first-order valence-corrected chi connectivity index (χ1v) is 7.96. The molecule has 0 radical (unpaired) electrons. The van der Waals surface area contributed by atoms with Gasteiger partial charge in [0.15, 0.2) is 0 Å². The van der Waals surface area contributed by atoms with Crippen LogP contribution in [0.3, 0.4) is 0 Å². The number of aromatic hydroxyl groups is 1. The zero-order valence-electron chi connectivity index (χ0n) is 11.1. The summed E-state index contributed by atoms with van der Waals surface area (Å²) in [5.74, 6) is 1.24. The summed E-state index contributed by atoms with van der Waals surface area (Å²) in [7, 11) is 0. The van der Waals surface area contributed by atoms with E-state index in [4.69, 9.17) is 0 Å². The lowest BCUT2D eigenvalue weighted by molar-refractivity contribution is 0.160. The van der Waals surface area contributed by atoms with Crippen LogP contribution in [0, 0.1) is 5.92 Å². The van der Waals surface area contributed by atoms with E-state index in [1.54, 1.807) is 0 Å². The van der Waals surface area contributed by atoms with Crippen molar-refractivity contribution in [3.8, 4) is 5.75 Å². The van der Waals surface area contributed by atoms with Gasteiger partial charge in [0.25, 0.3) is 0 Å². The van der Waals surface area contributed by atoms with Gasteiger partial charge in [-0.3, -0.25) is 4.90 Å². The van der Waals surface area contributed by atoms with Crippen molar-refractivity contribution in [1.82, 2.24) is 10.2 Å². The Bertz CT molecular complexity index is 442. The molecule has 2 N–H and O–H groups in total. The van der Waals surface area contributed by atoms with Gasteiger partial charge in [-0.05, 0) is 46.0 Å². The zero-order valence-corrected chi connectivity index (χ0v) is 12.7. The molecule has 0 bridgehead atoms. The van der Waals surface area contributed by atoms with Gasteiger partial charge < -0.3 is 10.4 Å². The van der Waals surface area contributed by atoms with Crippen LogP contribution in [0.25, 0.3) is 0 Å². The summed E-state index contributed by atoms with van der Waals surface area (Å²) in [5.41, 5.74) is 1.33. The molecule has 3 nitrogen and oxygen atoms in total. The van der Waals surface area contributed by atoms with Crippen molar-refractivity contribution in [2.75, 3.05) is 26.2 Å². The van der Waals surface area contributed by atoms with Crippen molar-refractivity contribution in [3.05, 3.63) is 28.2 Å². The van der Waals surface area contributed by atoms with Gasteiger partial charge in [-0.2, -0.15) is 0 Å². The fourth-order valence-corrected chi connectivity index (χ4v) is 3.29. The monoisotopic (exact) mass is 324 g/mol. The molecule has 1 aromatic carbocycles. The second-order valence-electron chi connectivity index (χ2n) is 5.69. The van der Waals surface area contributed by atoms with Gasteiger partial charge in [0.2, 0.25) is 0 Å². The topological polar surface area (TPSA) is 35.5 Å². The predicted octanol–water partition coefficient (Wildman–Crippen LogP) is 2.90. The average Bonchev–Trinajstić information content (AvgIpc) is 3.24. The van der Waals surface area contributed by atoms with Gasteiger partial charge in [0.1, 0.15) is 5.75 Å². The van der Waals surface area contributed by atoms with Crippen molar-refractivity contribution in [2.45, 2.75) is 25.3 Å². The molecule has 0 aromatic heterocycles. The molecule has 1 heterocycles. The van der Waals surface area contributed by atoms with Crippen LogP contribution in [0.1, 0.15) is 30.9 Å². The Morgan fingerprint density at radius 3 is 2.68 bits per heavy atom. The molecular formula is C15H21BrN2O. The highest BCUT2D eigenvalue weighted by atomic mass is 79.9. The van der Waals surface area contributed by atoms with Gasteiger partial charge in [0, 0.05) is 32.2 Å². The first-order chi connectivity index (χ1) is 9.24. The number of phenols is 1. The van der Waals surface area contributed by atoms with Crippen LogP contribution < -0.4 is 5.32 Å². The van der Waals surface area contributed by atoms with Gasteiger partial charge >= 0.3 is 0 Å². The maximum atomic E-state index is 9.66. The second-order valence-corrected chi connectivity index (χ2v) is 6.55. The third kappa shape index (κ3) is 3.30. The highest BCUT2D eigenvalue weighted by Gasteiger charge is 2.30. The Balaban J connectivity index is 1.81. The molecule has 2 aliphatic rings. The molecule has 3 rings (SSSR count). The van der Waals surface area contributed by atoms with Crippen LogP contribution >= 0.6 is 15.9 Å². The second kappa shape index (κ2) is 5.81. The number of halogens is 1. The van der Waals surface area contributed by atoms with E-state index >= 15 is 0 Å². The highest BCUT2D eigenvalue weighted by molar-refractivity contribution is 9.10. The Kier molecular flexibility index (Phi) is 4.10. The zero-order chi connectivity index (χ0) is 13.2. The van der Waals surface area contributed by atoms with Crippen LogP contribution in [0.4, 0.5) is 0 Å². The van der Waals surface area contributed by atoms with Crippen molar-refractivity contribution in [2.24, 2.45) is 5.92 Å². The number of hydrogen-bond donors (Lipinski definition) is 2. The molecule has 0 unspecified atom stereocenters. The molecule has 2 fully saturated rings. The maximum absolute atomic E-state index is 9.66. The van der Waals surface area contributed by atoms with E-state index in [2.05, 4.69) is 38.3 Å². The van der Waals surface area contributed by atoms with Gasteiger partial charge in [-0.25, -0.2) is 0 Å². The fraction of sp³-hybridized carbons (Fsp3) is 0.600. The molecule has 1 saturated heterocycles. The van der Waals surface area contributed by atoms with Crippen LogP contribution in [-0.2, 0) is 0 Å². The minimum absolute atomic E-state index is 0.328. The Hall–Kier alpha value is -0.580. The molecule has 0 spiro atoms. The van der Waals surface area contributed by atoms with Gasteiger partial charge in [0.05, 0.1) is 4.47 Å². The van der Waals surface area contributed by atoms with Crippen LogP contribution in [0.15, 0.2) is 22.7 Å². The lowest BCUT2D eigenvalue weighted by Crippen LogP contribution is -2.45. The largest absolute Gasteiger partial charge is 0.507 e. The van der Waals surface area contributed by atoms with Crippen molar-refractivity contribution < 1.29 is 5.11 Å². The molecule has 1 saturated carbocycles. The van der Waals surface area contributed by atoms with Crippen LogP contribution in [0.5, 0.6) is 5.75 Å². The molecule has 0 amide bonds. The smallest absolute Gasteiger partial charge is 0.129 e. The van der Waals surface area contributed by atoms with Gasteiger partial charge in [-0.1, -0.05) is 18.9 Å². The summed E-state index contributed by atoms with van der Waals surface area (Å²) in [6.45, 7) is 4.41. The average molecular weight is 325 g/mol. The fourth-order valence-electron chi connectivity index (χ4n) is 2.89. The number of nitrogens with zero attached hydrogens (tertiary/aromatic N) is 1. The number of phenolic OH excluding ortho intramolecular Hbond substituents is 1. The number of piperazine rings is 1. The van der Waals surface area contributed by atoms with E-state index in [0.717, 1.165) is 36.6 Å². The third-order valence-electron chi connectivity index (χ3n) is 4.20. The quantitative estimate of drug-likeness (QED) is 0.893. The molecule has 19 heavy (non-hydrogen) atoms. The Morgan fingerprint density at radius 1 is 1.32 bits per heavy atom. The first kappa shape index (κ1) is 13.4. The summed E-state index contributed by atoms with van der Waals surface area (Å²) in [6.07, 6.45) is 4.04. The lowest BCUT2D eigenvalue weighted by atomic mass is 9.98. The Labute approximate surface area is 123 Å². The molecule has 1 aliphatic carbocycles. The van der Waals surface area contributed by atoms with E-state index < -0.39 is 0 Å². The standard InChI is InChI=1S/C15H21BrN2O/c16-13-10-12(3-4-15(13)19)14(9-11-1-2-11)18-7-5-17-6-8-18/h3-4,10-11,14,17,19H,1-2,5-9H2/t14-/m1/s1. The summed E-state index contributed by atoms with van der Waals surface area (Å²) in [5, 5.41) is 13.1. The summed E-state index contributed by atoms with van der Waals surface area (Å²) in [4.78, 5) is 2.59.